The lowest BCUT2D eigenvalue weighted by molar-refractivity contribution is 0.0925. The zero-order valence-electron chi connectivity index (χ0n) is 16.6. The van der Waals surface area contributed by atoms with Crippen LogP contribution in [0.25, 0.3) is 0 Å². The molecule has 0 radical (unpaired) electrons. The first-order valence-electron chi connectivity index (χ1n) is 9.22. The number of amides is 1. The fourth-order valence-corrected chi connectivity index (χ4v) is 4.12. The summed E-state index contributed by atoms with van der Waals surface area (Å²) in [5.74, 6) is 2.00. The fourth-order valence-electron chi connectivity index (χ4n) is 2.83. The summed E-state index contributed by atoms with van der Waals surface area (Å²) in [5.41, 5.74) is 0.962. The first kappa shape index (κ1) is 22.1. The van der Waals surface area contributed by atoms with Crippen molar-refractivity contribution in [1.82, 2.24) is 5.32 Å². The third kappa shape index (κ3) is 5.73. The lowest BCUT2D eigenvalue weighted by atomic mass is 10.1. The molecule has 0 fully saturated rings. The number of hydrogen-bond acceptors (Lipinski definition) is 5. The van der Waals surface area contributed by atoms with E-state index < -0.39 is 10.8 Å². The summed E-state index contributed by atoms with van der Waals surface area (Å²) >= 11 is 3.36. The van der Waals surface area contributed by atoms with Gasteiger partial charge in [-0.3, -0.25) is 9.00 Å². The molecule has 0 aliphatic rings. The van der Waals surface area contributed by atoms with Crippen molar-refractivity contribution in [2.75, 3.05) is 20.8 Å². The quantitative estimate of drug-likeness (QED) is 0.481. The molecule has 0 saturated carbocycles. The molecule has 0 bridgehead atoms. The number of furan rings is 1. The molecule has 0 saturated heterocycles. The van der Waals surface area contributed by atoms with E-state index in [0.29, 0.717) is 35.1 Å². The Bertz CT molecular complexity index is 1030. The number of benzene rings is 2. The summed E-state index contributed by atoms with van der Waals surface area (Å²) in [7, 11) is 1.94. The number of nitrogens with one attached hydrogen (secondary N) is 1. The Kier molecular flexibility index (Phi) is 7.70. The number of ether oxygens (including phenoxy) is 2. The molecule has 1 amide bonds. The normalized spacial score (nSPS) is 11.7. The van der Waals surface area contributed by atoms with E-state index in [-0.39, 0.29) is 17.4 Å². The van der Waals surface area contributed by atoms with E-state index in [0.717, 1.165) is 10.0 Å². The van der Waals surface area contributed by atoms with Crippen LogP contribution < -0.4 is 14.8 Å². The van der Waals surface area contributed by atoms with Crippen LogP contribution in [0.4, 0.5) is 0 Å². The minimum Gasteiger partial charge on any atom is -0.497 e. The highest BCUT2D eigenvalue weighted by Gasteiger charge is 2.14. The van der Waals surface area contributed by atoms with Gasteiger partial charge in [-0.1, -0.05) is 22.0 Å². The van der Waals surface area contributed by atoms with Crippen molar-refractivity contribution in [3.63, 3.8) is 0 Å². The first-order chi connectivity index (χ1) is 14.5. The van der Waals surface area contributed by atoms with Crippen LogP contribution in [-0.2, 0) is 23.0 Å². The van der Waals surface area contributed by atoms with E-state index in [1.54, 1.807) is 38.5 Å². The van der Waals surface area contributed by atoms with E-state index in [2.05, 4.69) is 21.2 Å². The minimum absolute atomic E-state index is 0.194. The van der Waals surface area contributed by atoms with Gasteiger partial charge in [-0.15, -0.1) is 0 Å². The van der Waals surface area contributed by atoms with E-state index >= 15 is 0 Å². The van der Waals surface area contributed by atoms with Crippen LogP contribution in [0.15, 0.2) is 68.4 Å². The standard InChI is InChI=1S/C22H22BrNO5S/c1-27-17-6-3-15(21(13-17)28-2)11-12-24-22(25)20-10-7-18(29-20)14-30(26)19-8-4-16(23)5-9-19/h3-10,13H,11-12,14H2,1-2H3,(H,24,25)/t30-/m0/s1. The molecule has 3 aromatic rings. The molecule has 1 heterocycles. The van der Waals surface area contributed by atoms with Crippen LogP contribution >= 0.6 is 15.9 Å². The van der Waals surface area contributed by atoms with Gasteiger partial charge in [-0.25, -0.2) is 0 Å². The lowest BCUT2D eigenvalue weighted by Gasteiger charge is -2.10. The summed E-state index contributed by atoms with van der Waals surface area (Å²) in [4.78, 5) is 13.1. The van der Waals surface area contributed by atoms with Crippen molar-refractivity contribution in [2.24, 2.45) is 0 Å². The highest BCUT2D eigenvalue weighted by Crippen LogP contribution is 2.24. The molecule has 158 valence electrons. The van der Waals surface area contributed by atoms with Crippen molar-refractivity contribution in [1.29, 1.82) is 0 Å². The zero-order chi connectivity index (χ0) is 21.5. The minimum atomic E-state index is -1.25. The summed E-state index contributed by atoms with van der Waals surface area (Å²) in [6.45, 7) is 0.419. The van der Waals surface area contributed by atoms with Gasteiger partial charge in [0, 0.05) is 22.0 Å². The number of carbonyl (C=O) groups excluding carboxylic acids is 1. The molecule has 1 aromatic heterocycles. The molecule has 8 heteroatoms. The van der Waals surface area contributed by atoms with E-state index in [1.165, 1.54) is 0 Å². The largest absolute Gasteiger partial charge is 0.497 e. The van der Waals surface area contributed by atoms with Crippen molar-refractivity contribution in [2.45, 2.75) is 17.1 Å². The number of hydrogen-bond donors (Lipinski definition) is 1. The summed E-state index contributed by atoms with van der Waals surface area (Å²) < 4.78 is 29.5. The van der Waals surface area contributed by atoms with Gasteiger partial charge in [0.1, 0.15) is 17.3 Å². The molecule has 1 N–H and O–H groups in total. The Hall–Kier alpha value is -2.58. The van der Waals surface area contributed by atoms with Gasteiger partial charge in [-0.2, -0.15) is 0 Å². The fraction of sp³-hybridized carbons (Fsp3) is 0.227. The SMILES string of the molecule is COc1ccc(CCNC(=O)c2ccc(C[S@](=O)c3ccc(Br)cc3)o2)c(OC)c1. The molecule has 30 heavy (non-hydrogen) atoms. The molecular formula is C22H22BrNO5S. The predicted molar refractivity (Wildman–Crippen MR) is 119 cm³/mol. The Labute approximate surface area is 186 Å². The second-order valence-electron chi connectivity index (χ2n) is 6.39. The molecule has 6 nitrogen and oxygen atoms in total. The van der Waals surface area contributed by atoms with E-state index in [4.69, 9.17) is 13.9 Å². The molecule has 0 unspecified atom stereocenters. The Morgan fingerprint density at radius 1 is 1.07 bits per heavy atom. The second-order valence-corrected chi connectivity index (χ2v) is 8.76. The maximum Gasteiger partial charge on any atom is 0.287 e. The van der Waals surface area contributed by atoms with E-state index in [9.17, 15) is 9.00 Å². The summed E-state index contributed by atoms with van der Waals surface area (Å²) in [6.07, 6.45) is 0.597. The van der Waals surface area contributed by atoms with Gasteiger partial charge in [0.05, 0.1) is 30.8 Å². The van der Waals surface area contributed by atoms with E-state index in [1.807, 2.05) is 30.3 Å². The molecular weight excluding hydrogens is 470 g/mol. The molecule has 3 rings (SSSR count). The number of methoxy groups -OCH3 is 2. The second kappa shape index (κ2) is 10.4. The van der Waals surface area contributed by atoms with Crippen LogP contribution in [-0.4, -0.2) is 30.9 Å². The molecule has 0 aliphatic carbocycles. The van der Waals surface area contributed by atoms with Gasteiger partial charge in [-0.05, 0) is 54.4 Å². The van der Waals surface area contributed by atoms with Crippen molar-refractivity contribution < 1.29 is 22.9 Å². The van der Waals surface area contributed by atoms with Crippen molar-refractivity contribution in [3.8, 4) is 11.5 Å². The van der Waals surface area contributed by atoms with Crippen LogP contribution in [0.3, 0.4) is 0 Å². The maximum atomic E-state index is 12.5. The van der Waals surface area contributed by atoms with Crippen LogP contribution in [0.1, 0.15) is 21.9 Å². The topological polar surface area (TPSA) is 77.8 Å². The number of rotatable bonds is 9. The van der Waals surface area contributed by atoms with Crippen molar-refractivity contribution >= 4 is 32.6 Å². The predicted octanol–water partition coefficient (Wildman–Crippen LogP) is 4.34. The van der Waals surface area contributed by atoms with Gasteiger partial charge < -0.3 is 19.2 Å². The monoisotopic (exact) mass is 491 g/mol. The van der Waals surface area contributed by atoms with Gasteiger partial charge >= 0.3 is 0 Å². The molecule has 2 aromatic carbocycles. The van der Waals surface area contributed by atoms with Crippen LogP contribution in [0.2, 0.25) is 0 Å². The van der Waals surface area contributed by atoms with Gasteiger partial charge in [0.25, 0.3) is 5.91 Å². The van der Waals surface area contributed by atoms with Crippen molar-refractivity contribution in [3.05, 3.63) is 76.2 Å². The molecule has 0 spiro atoms. The Morgan fingerprint density at radius 2 is 1.83 bits per heavy atom. The molecule has 0 aliphatic heterocycles. The van der Waals surface area contributed by atoms with Gasteiger partial charge in [0.15, 0.2) is 5.76 Å². The maximum absolute atomic E-state index is 12.5. The number of carbonyl (C=O) groups is 1. The zero-order valence-corrected chi connectivity index (χ0v) is 19.0. The summed E-state index contributed by atoms with van der Waals surface area (Å²) in [5, 5.41) is 2.83. The third-order valence-corrected chi connectivity index (χ3v) is 6.28. The average molecular weight is 492 g/mol. The number of halogens is 1. The first-order valence-corrected chi connectivity index (χ1v) is 11.3. The third-order valence-electron chi connectivity index (χ3n) is 4.41. The highest BCUT2D eigenvalue weighted by molar-refractivity contribution is 9.10. The van der Waals surface area contributed by atoms with Gasteiger partial charge in [0.2, 0.25) is 0 Å². The van der Waals surface area contributed by atoms with Crippen LogP contribution in [0, 0.1) is 0 Å². The Morgan fingerprint density at radius 3 is 2.53 bits per heavy atom. The lowest BCUT2D eigenvalue weighted by Crippen LogP contribution is -2.25. The Balaban J connectivity index is 1.54. The summed E-state index contributed by atoms with van der Waals surface area (Å²) in [6, 6.07) is 16.1. The highest BCUT2D eigenvalue weighted by atomic mass is 79.9. The molecule has 1 atom stereocenters. The average Bonchev–Trinajstić information content (AvgIpc) is 3.22. The van der Waals surface area contributed by atoms with Crippen LogP contribution in [0.5, 0.6) is 11.5 Å². The smallest absolute Gasteiger partial charge is 0.287 e.